The van der Waals surface area contributed by atoms with E-state index in [0.717, 1.165) is 13.2 Å². The number of carbonyl (C=O) groups excluding carboxylic acids is 1. The second-order valence-electron chi connectivity index (χ2n) is 8.55. The van der Waals surface area contributed by atoms with Gasteiger partial charge in [0.2, 0.25) is 5.91 Å². The highest BCUT2D eigenvalue weighted by molar-refractivity contribution is 8.02. The first-order valence-electron chi connectivity index (χ1n) is 11.1. The van der Waals surface area contributed by atoms with Gasteiger partial charge in [-0.1, -0.05) is 0 Å². The number of amides is 2. The molecule has 3 heterocycles. The lowest BCUT2D eigenvalue weighted by Crippen LogP contribution is -2.63. The first-order valence-corrected chi connectivity index (χ1v) is 12.6. The zero-order valence-electron chi connectivity index (χ0n) is 19.4. The number of rotatable bonds is 2. The Labute approximate surface area is 205 Å². The number of fused-ring (bicyclic) bond motifs is 1. The number of hydrogen-bond acceptors (Lipinski definition) is 9. The van der Waals surface area contributed by atoms with Gasteiger partial charge < -0.3 is 24.6 Å². The van der Waals surface area contributed by atoms with E-state index in [-0.39, 0.29) is 31.4 Å². The number of urea groups is 1. The zero-order valence-corrected chi connectivity index (χ0v) is 20.2. The van der Waals surface area contributed by atoms with Gasteiger partial charge in [0.05, 0.1) is 31.6 Å². The number of nitrogens with zero attached hydrogens (tertiary/aromatic N) is 4. The summed E-state index contributed by atoms with van der Waals surface area (Å²) in [6, 6.07) is 1.35. The minimum Gasteiger partial charge on any atom is -0.496 e. The summed E-state index contributed by atoms with van der Waals surface area (Å²) in [5, 5.41) is 1.79. The fraction of sp³-hybridized carbons (Fsp3) is 0.600. The first kappa shape index (κ1) is 26.4. The van der Waals surface area contributed by atoms with Gasteiger partial charge in [-0.25, -0.2) is 14.7 Å². The Morgan fingerprint density at radius 1 is 1.17 bits per heavy atom. The van der Waals surface area contributed by atoms with Crippen LogP contribution < -0.4 is 15.8 Å². The Morgan fingerprint density at radius 3 is 2.44 bits per heavy atom. The lowest BCUT2D eigenvalue weighted by atomic mass is 10.1. The van der Waals surface area contributed by atoms with E-state index in [4.69, 9.17) is 15.2 Å². The van der Waals surface area contributed by atoms with Crippen molar-refractivity contribution in [1.82, 2.24) is 14.7 Å². The molecule has 0 aliphatic carbocycles. The molecule has 1 atom stereocenters. The number of benzene rings is 1. The zero-order chi connectivity index (χ0) is 26.3. The van der Waals surface area contributed by atoms with Crippen LogP contribution in [0.15, 0.2) is 17.1 Å². The number of halogens is 3. The molecule has 4 N–H and O–H groups in total. The molecule has 1 unspecified atom stereocenters. The molecular weight excluding hydrogens is 509 g/mol. The second-order valence-corrected chi connectivity index (χ2v) is 9.89. The molecule has 0 saturated carbocycles. The van der Waals surface area contributed by atoms with Crippen molar-refractivity contribution in [3.63, 3.8) is 0 Å². The maximum absolute atomic E-state index is 13.5. The molecule has 0 radical (unpaired) electrons. The topological polar surface area (TPSA) is 150 Å². The van der Waals surface area contributed by atoms with E-state index in [1.54, 1.807) is 14.7 Å². The van der Waals surface area contributed by atoms with Gasteiger partial charge >= 0.3 is 22.3 Å². The molecule has 4 rings (SSSR count). The summed E-state index contributed by atoms with van der Waals surface area (Å²) in [7, 11) is -4.02. The molecule has 3 aliphatic rings. The van der Waals surface area contributed by atoms with Crippen LogP contribution in [0.5, 0.6) is 5.75 Å². The summed E-state index contributed by atoms with van der Waals surface area (Å²) in [5.74, 6) is -2.49. The fourth-order valence-electron chi connectivity index (χ4n) is 4.44. The highest BCUT2D eigenvalue weighted by Crippen LogP contribution is 2.42. The van der Waals surface area contributed by atoms with Crippen molar-refractivity contribution < 1.29 is 40.4 Å². The molecule has 200 valence electrons. The second kappa shape index (κ2) is 9.66. The van der Waals surface area contributed by atoms with Crippen molar-refractivity contribution in [2.45, 2.75) is 18.5 Å². The number of ether oxygens (including phenoxy) is 2. The summed E-state index contributed by atoms with van der Waals surface area (Å²) >= 11 is 0. The van der Waals surface area contributed by atoms with E-state index in [2.05, 4.69) is 10.3 Å². The van der Waals surface area contributed by atoms with Gasteiger partial charge in [0.25, 0.3) is 0 Å². The lowest BCUT2D eigenvalue weighted by Gasteiger charge is -2.41. The van der Waals surface area contributed by atoms with Crippen LogP contribution in [0.4, 0.5) is 23.7 Å². The summed E-state index contributed by atoms with van der Waals surface area (Å²) < 4.78 is 84.9. The van der Waals surface area contributed by atoms with Crippen molar-refractivity contribution in [2.24, 2.45) is 10.7 Å². The van der Waals surface area contributed by atoms with Crippen molar-refractivity contribution in [1.29, 1.82) is 0 Å². The third-order valence-electron chi connectivity index (χ3n) is 6.24. The Balaban J connectivity index is 1.64. The van der Waals surface area contributed by atoms with Gasteiger partial charge in [-0.05, 0) is 12.5 Å². The van der Waals surface area contributed by atoms with Crippen LogP contribution in [0.2, 0.25) is 0 Å². The molecule has 1 aromatic rings. The summed E-state index contributed by atoms with van der Waals surface area (Å²) in [6.45, 7) is 2.97. The molecule has 3 aliphatic heterocycles. The van der Waals surface area contributed by atoms with E-state index in [1.807, 2.05) is 0 Å². The Hall–Kier alpha value is -2.66. The van der Waals surface area contributed by atoms with Gasteiger partial charge in [0.1, 0.15) is 5.75 Å². The average Bonchev–Trinajstić information content (AvgIpc) is 3.08. The van der Waals surface area contributed by atoms with Gasteiger partial charge in [0.15, 0.2) is 5.04 Å². The number of carbonyl (C=O) groups is 1. The molecule has 0 aromatic heterocycles. The lowest BCUT2D eigenvalue weighted by molar-refractivity contribution is -0.138. The highest BCUT2D eigenvalue weighted by atomic mass is 32.2. The minimum atomic E-state index is -5.07. The number of nitrogens with two attached hydrogens (primary N) is 1. The number of morpholine rings is 1. The number of aliphatic imine (C=N–C) groups is 1. The van der Waals surface area contributed by atoms with Crippen LogP contribution in [0.3, 0.4) is 0 Å². The monoisotopic (exact) mass is 536 g/mol. The first-order chi connectivity index (χ1) is 16.8. The van der Waals surface area contributed by atoms with E-state index in [9.17, 15) is 30.9 Å². The molecule has 2 saturated heterocycles. The smallest absolute Gasteiger partial charge is 0.419 e. The summed E-state index contributed by atoms with van der Waals surface area (Å²) in [5.41, 5.74) is 4.60. The normalized spacial score (nSPS) is 23.9. The van der Waals surface area contributed by atoms with Gasteiger partial charge in [-0.15, -0.1) is 0 Å². The van der Waals surface area contributed by atoms with Gasteiger partial charge in [-0.3, -0.25) is 10.3 Å². The summed E-state index contributed by atoms with van der Waals surface area (Å²) in [4.78, 5) is 21.8. The van der Waals surface area contributed by atoms with Crippen LogP contribution in [-0.4, -0.2) is 104 Å². The summed E-state index contributed by atoms with van der Waals surface area (Å²) in [6.07, 6.45) is -4.39. The van der Waals surface area contributed by atoms with Crippen LogP contribution in [0.1, 0.15) is 17.5 Å². The van der Waals surface area contributed by atoms with Crippen LogP contribution >= 0.6 is 0 Å². The maximum Gasteiger partial charge on any atom is 0.419 e. The Kier molecular flexibility index (Phi) is 7.09. The number of methoxy groups -OCH3 is 1. The number of nitrogens with one attached hydrogen (secondary N) is 1. The van der Waals surface area contributed by atoms with E-state index < -0.39 is 44.1 Å². The molecule has 12 nitrogen and oxygen atoms in total. The van der Waals surface area contributed by atoms with Crippen LogP contribution in [0, 0.1) is 0 Å². The third-order valence-corrected chi connectivity index (χ3v) is 7.04. The van der Waals surface area contributed by atoms with Crippen molar-refractivity contribution in [2.75, 3.05) is 64.9 Å². The molecule has 2 amide bonds. The van der Waals surface area contributed by atoms with Crippen LogP contribution in [0.25, 0.3) is 0 Å². The number of hydrogen-bond donors (Lipinski definition) is 3. The van der Waals surface area contributed by atoms with E-state index in [0.29, 0.717) is 45.3 Å². The van der Waals surface area contributed by atoms with Crippen LogP contribution in [-0.2, 0) is 21.0 Å². The largest absolute Gasteiger partial charge is 0.496 e. The SMILES string of the molecule is COc1cc2c(cc1C(F)(F)F)C(S(=O)(=O)O)=NC(N)(N1CCCN(C(=O)N3CCOCC3)CC1)N2. The Morgan fingerprint density at radius 2 is 1.83 bits per heavy atom. The minimum absolute atomic E-state index is 0.115. The third kappa shape index (κ3) is 5.22. The molecule has 2 fully saturated rings. The number of alkyl halides is 3. The van der Waals surface area contributed by atoms with E-state index >= 15 is 0 Å². The predicted molar refractivity (Wildman–Crippen MR) is 122 cm³/mol. The van der Waals surface area contributed by atoms with Gasteiger partial charge in [0, 0.05) is 50.9 Å². The fourth-order valence-corrected chi connectivity index (χ4v) is 5.14. The van der Waals surface area contributed by atoms with Gasteiger partial charge in [-0.2, -0.15) is 21.6 Å². The molecular formula is C20H27F3N6O6S. The Bertz CT molecular complexity index is 1160. The molecule has 0 spiro atoms. The van der Waals surface area contributed by atoms with Crippen molar-refractivity contribution in [3.8, 4) is 5.75 Å². The molecule has 16 heteroatoms. The van der Waals surface area contributed by atoms with Crippen molar-refractivity contribution >= 4 is 26.9 Å². The predicted octanol–water partition coefficient (Wildman–Crippen LogP) is 0.804. The molecule has 1 aromatic carbocycles. The quantitative estimate of drug-likeness (QED) is 0.467. The molecule has 36 heavy (non-hydrogen) atoms. The maximum atomic E-state index is 13.5. The molecule has 0 bridgehead atoms. The van der Waals surface area contributed by atoms with Crippen molar-refractivity contribution in [3.05, 3.63) is 23.3 Å². The highest BCUT2D eigenvalue weighted by Gasteiger charge is 2.44. The average molecular weight is 537 g/mol. The number of anilines is 1. The van der Waals surface area contributed by atoms with E-state index in [1.165, 1.54) is 0 Å². The standard InChI is InChI=1S/C20H27F3N6O6S/c1-34-16-12-15-13(11-14(16)19(21,22)23)17(36(31,32)33)26-20(24,25-15)29-4-2-3-27(5-6-29)18(30)28-7-9-35-10-8-28/h11-12,25H,2-10,24H2,1H3,(H,31,32,33).